The normalized spacial score (nSPS) is 17.0. The number of aryl methyl sites for hydroxylation is 2. The first kappa shape index (κ1) is 14.5. The molecule has 3 nitrogen and oxygen atoms in total. The van der Waals surface area contributed by atoms with Gasteiger partial charge in [-0.25, -0.2) is 9.57 Å². The number of rotatable bonds is 0. The van der Waals surface area contributed by atoms with Crippen LogP contribution < -0.4 is 20.0 Å². The Labute approximate surface area is 152 Å². The van der Waals surface area contributed by atoms with E-state index in [0.717, 1.165) is 35.4 Å². The van der Waals surface area contributed by atoms with Crippen LogP contribution in [0.5, 0.6) is 11.5 Å². The van der Waals surface area contributed by atoms with E-state index in [9.17, 15) is 0 Å². The molecule has 26 heavy (non-hydrogen) atoms. The van der Waals surface area contributed by atoms with Crippen molar-refractivity contribution in [3.63, 3.8) is 0 Å². The topological polar surface area (TPSA) is 24.6 Å². The lowest BCUT2D eigenvalue weighted by atomic mass is 9.94. The Morgan fingerprint density at radius 1 is 1.00 bits per heavy atom. The van der Waals surface area contributed by atoms with Crippen molar-refractivity contribution in [2.45, 2.75) is 32.6 Å². The number of benzene rings is 3. The van der Waals surface area contributed by atoms with Crippen LogP contribution in [-0.4, -0.2) is 13.1 Å². The van der Waals surface area contributed by atoms with Gasteiger partial charge in [-0.05, 0) is 42.8 Å². The summed E-state index contributed by atoms with van der Waals surface area (Å²) < 4.78 is 9.07. The Kier molecular flexibility index (Phi) is 2.88. The fourth-order valence-corrected chi connectivity index (χ4v) is 4.94. The number of ether oxygens (including phenoxy) is 1. The molecule has 0 bridgehead atoms. The Hall–Kier alpha value is -2.68. The molecule has 0 spiro atoms. The highest BCUT2D eigenvalue weighted by Crippen LogP contribution is 2.42. The van der Waals surface area contributed by atoms with Crippen LogP contribution in [0.3, 0.4) is 0 Å². The zero-order valence-electron chi connectivity index (χ0n) is 15.0. The highest BCUT2D eigenvalue weighted by molar-refractivity contribution is 5.98. The van der Waals surface area contributed by atoms with E-state index in [4.69, 9.17) is 9.73 Å². The summed E-state index contributed by atoms with van der Waals surface area (Å²) in [7, 11) is 0. The van der Waals surface area contributed by atoms with Gasteiger partial charge < -0.3 is 4.74 Å². The van der Waals surface area contributed by atoms with Crippen molar-refractivity contribution in [3.05, 3.63) is 63.8 Å². The van der Waals surface area contributed by atoms with E-state index in [-0.39, 0.29) is 0 Å². The van der Waals surface area contributed by atoms with Crippen molar-refractivity contribution >= 4 is 16.5 Å². The van der Waals surface area contributed by atoms with Crippen LogP contribution in [0.2, 0.25) is 0 Å². The van der Waals surface area contributed by atoms with Gasteiger partial charge in [0.25, 0.3) is 0 Å². The summed E-state index contributed by atoms with van der Waals surface area (Å²) in [5.41, 5.74) is 5.06. The number of hydrogen-bond acceptors (Lipinski definition) is 2. The molecule has 0 atom stereocenters. The molecule has 0 aromatic heterocycles. The molecule has 128 valence electrons. The van der Waals surface area contributed by atoms with Crippen LogP contribution in [-0.2, 0) is 12.8 Å². The highest BCUT2D eigenvalue weighted by atomic mass is 16.5. The largest absolute Gasteiger partial charge is 0.452 e. The molecule has 3 aromatic carbocycles. The molecule has 3 aliphatic rings. The number of hydrogen-bond donors (Lipinski definition) is 0. The zero-order valence-corrected chi connectivity index (χ0v) is 15.0. The first-order valence-electron chi connectivity index (χ1n) is 9.65. The summed E-state index contributed by atoms with van der Waals surface area (Å²) in [6.07, 6.45) is 4.70. The van der Waals surface area contributed by atoms with E-state index in [1.54, 1.807) is 0 Å². The molecule has 0 aliphatic carbocycles. The van der Waals surface area contributed by atoms with Crippen molar-refractivity contribution in [1.29, 1.82) is 0 Å². The van der Waals surface area contributed by atoms with Crippen molar-refractivity contribution < 1.29 is 4.74 Å². The maximum Gasteiger partial charge on any atom is 0.210 e. The summed E-state index contributed by atoms with van der Waals surface area (Å²) in [5.74, 6) is 1.90. The monoisotopic (exact) mass is 341 g/mol. The van der Waals surface area contributed by atoms with Gasteiger partial charge >= 0.3 is 0 Å². The Bertz CT molecular complexity index is 1220. The van der Waals surface area contributed by atoms with Gasteiger partial charge in [-0.2, -0.15) is 0 Å². The third-order valence-corrected chi connectivity index (χ3v) is 6.09. The lowest BCUT2D eigenvalue weighted by molar-refractivity contribution is 0.435. The van der Waals surface area contributed by atoms with E-state index in [2.05, 4.69) is 47.9 Å². The highest BCUT2D eigenvalue weighted by Gasteiger charge is 2.29. The van der Waals surface area contributed by atoms with E-state index >= 15 is 0 Å². The van der Waals surface area contributed by atoms with Crippen LogP contribution in [0.25, 0.3) is 10.8 Å². The fourth-order valence-electron chi connectivity index (χ4n) is 4.94. The van der Waals surface area contributed by atoms with Gasteiger partial charge in [0.15, 0.2) is 11.5 Å². The fraction of sp³-hybridized carbons (Fsp3) is 0.304. The van der Waals surface area contributed by atoms with Crippen LogP contribution in [0.1, 0.15) is 29.5 Å². The first-order valence-corrected chi connectivity index (χ1v) is 9.65. The molecule has 0 saturated heterocycles. The van der Waals surface area contributed by atoms with Crippen molar-refractivity contribution in [2.75, 3.05) is 13.1 Å². The van der Waals surface area contributed by atoms with Gasteiger partial charge in [-0.1, -0.05) is 24.3 Å². The van der Waals surface area contributed by atoms with Crippen LogP contribution in [0.4, 0.5) is 5.69 Å². The van der Waals surface area contributed by atoms with E-state index in [1.165, 1.54) is 58.8 Å². The average Bonchev–Trinajstić information content (AvgIpc) is 2.68. The minimum Gasteiger partial charge on any atom is -0.452 e. The lowest BCUT2D eigenvalue weighted by Crippen LogP contribution is -2.44. The van der Waals surface area contributed by atoms with Crippen molar-refractivity contribution in [1.82, 2.24) is 4.58 Å². The maximum atomic E-state index is 6.52. The molecule has 3 aromatic rings. The molecule has 3 heterocycles. The van der Waals surface area contributed by atoms with E-state index in [0.29, 0.717) is 0 Å². The molecule has 6 rings (SSSR count). The predicted molar refractivity (Wildman–Crippen MR) is 103 cm³/mol. The molecule has 0 amide bonds. The van der Waals surface area contributed by atoms with Crippen LogP contribution in [0, 0.1) is 6.92 Å². The predicted octanol–water partition coefficient (Wildman–Crippen LogP) is 3.59. The summed E-state index contributed by atoms with van der Waals surface area (Å²) in [6.45, 7) is 4.51. The molecule has 3 aliphatic heterocycles. The third kappa shape index (κ3) is 1.89. The average molecular weight is 341 g/mol. The summed E-state index contributed by atoms with van der Waals surface area (Å²) >= 11 is 0. The minimum atomic E-state index is 0.901. The van der Waals surface area contributed by atoms with E-state index < -0.39 is 0 Å². The zero-order chi connectivity index (χ0) is 17.3. The van der Waals surface area contributed by atoms with Crippen LogP contribution in [0.15, 0.2) is 41.4 Å². The third-order valence-electron chi connectivity index (χ3n) is 6.09. The Morgan fingerprint density at radius 3 is 2.69 bits per heavy atom. The second kappa shape index (κ2) is 5.16. The van der Waals surface area contributed by atoms with Gasteiger partial charge in [0.05, 0.1) is 5.56 Å². The Morgan fingerprint density at radius 2 is 1.81 bits per heavy atom. The lowest BCUT2D eigenvalue weighted by Gasteiger charge is -2.23. The van der Waals surface area contributed by atoms with Gasteiger partial charge in [-0.3, -0.25) is 0 Å². The van der Waals surface area contributed by atoms with Gasteiger partial charge in [0.1, 0.15) is 24.1 Å². The molecular formula is C23H21N2O+. The molecule has 0 radical (unpaired) electrons. The van der Waals surface area contributed by atoms with Gasteiger partial charge in [-0.15, -0.1) is 0 Å². The standard InChI is InChI=1S/C23H21N2O/c1-14-12-20-21(17-8-3-2-7-16(14)17)24-19-13-15-6-4-10-25-11-5-9-18(22(15)25)23(19)26-20/h2-3,7-8,12-13H,4-6,9-11H2,1H3/q+1. The number of nitrogens with zero attached hydrogens (tertiary/aromatic N) is 2. The molecule has 3 heteroatoms. The second-order valence-electron chi connectivity index (χ2n) is 7.70. The molecule has 0 unspecified atom stereocenters. The molecular weight excluding hydrogens is 320 g/mol. The second-order valence-corrected chi connectivity index (χ2v) is 7.70. The SMILES string of the molecule is Cc1cc2c(c3ccccc13)N=c1cc3c4c(c1O2)CCC[N+]=4CCC3. The van der Waals surface area contributed by atoms with Crippen LogP contribution >= 0.6 is 0 Å². The summed E-state index contributed by atoms with van der Waals surface area (Å²) in [4.78, 5) is 5.10. The molecule has 0 fully saturated rings. The maximum absolute atomic E-state index is 6.52. The summed E-state index contributed by atoms with van der Waals surface area (Å²) in [5, 5.41) is 4.90. The molecule has 0 saturated carbocycles. The Balaban J connectivity index is 1.73. The number of fused-ring (bicyclic) bond motifs is 5. The van der Waals surface area contributed by atoms with Gasteiger partial charge in [0.2, 0.25) is 5.36 Å². The van der Waals surface area contributed by atoms with Gasteiger partial charge in [0, 0.05) is 23.8 Å². The van der Waals surface area contributed by atoms with Crippen molar-refractivity contribution in [2.24, 2.45) is 4.99 Å². The van der Waals surface area contributed by atoms with Crippen molar-refractivity contribution in [3.8, 4) is 11.5 Å². The summed E-state index contributed by atoms with van der Waals surface area (Å²) in [6, 6.07) is 12.9. The first-order chi connectivity index (χ1) is 12.8. The smallest absolute Gasteiger partial charge is 0.210 e. The minimum absolute atomic E-state index is 0.901. The van der Waals surface area contributed by atoms with E-state index in [1.807, 2.05) is 0 Å². The quantitative estimate of drug-likeness (QED) is 0.449. The molecule has 0 N–H and O–H groups in total.